The fourth-order valence-corrected chi connectivity index (χ4v) is 2.53. The first kappa shape index (κ1) is 13.1. The molecule has 0 spiro atoms. The quantitative estimate of drug-likeness (QED) is 0.697. The van der Waals surface area contributed by atoms with E-state index in [1.807, 2.05) is 6.92 Å². The third-order valence-corrected chi connectivity index (χ3v) is 3.81. The van der Waals surface area contributed by atoms with Gasteiger partial charge >= 0.3 is 0 Å². The fraction of sp³-hybridized carbons (Fsp3) is 0.778. The SMILES string of the molecule is CCCS(=O)(=O)CCNCc1nc(C)no1. The van der Waals surface area contributed by atoms with E-state index in [4.69, 9.17) is 4.52 Å². The molecular weight excluding hydrogens is 230 g/mol. The maximum absolute atomic E-state index is 11.4. The lowest BCUT2D eigenvalue weighted by molar-refractivity contribution is 0.365. The molecule has 1 N–H and O–H groups in total. The molecule has 6 nitrogen and oxygen atoms in total. The molecule has 1 aromatic heterocycles. The Morgan fingerprint density at radius 3 is 2.69 bits per heavy atom. The Morgan fingerprint density at radius 1 is 1.38 bits per heavy atom. The zero-order valence-corrected chi connectivity index (χ0v) is 10.4. The van der Waals surface area contributed by atoms with Gasteiger partial charge in [-0.2, -0.15) is 4.98 Å². The van der Waals surface area contributed by atoms with E-state index in [9.17, 15) is 8.42 Å². The summed E-state index contributed by atoms with van der Waals surface area (Å²) in [4.78, 5) is 3.99. The Kier molecular flexibility index (Phi) is 4.88. The van der Waals surface area contributed by atoms with Crippen LogP contribution in [0.15, 0.2) is 4.52 Å². The zero-order chi connectivity index (χ0) is 12.0. The number of nitrogens with zero attached hydrogens (tertiary/aromatic N) is 2. The summed E-state index contributed by atoms with van der Waals surface area (Å²) < 4.78 is 27.6. The fourth-order valence-electron chi connectivity index (χ4n) is 1.25. The second-order valence-electron chi connectivity index (χ2n) is 3.56. The maximum Gasteiger partial charge on any atom is 0.240 e. The first-order chi connectivity index (χ1) is 7.53. The van der Waals surface area contributed by atoms with E-state index in [0.29, 0.717) is 31.2 Å². The van der Waals surface area contributed by atoms with Crippen molar-refractivity contribution in [2.24, 2.45) is 0 Å². The standard InChI is InChI=1S/C9H17N3O3S/c1-3-5-16(13,14)6-4-10-7-9-11-8(2)12-15-9/h10H,3-7H2,1-2H3. The van der Waals surface area contributed by atoms with E-state index in [2.05, 4.69) is 15.5 Å². The van der Waals surface area contributed by atoms with Crippen LogP contribution < -0.4 is 5.32 Å². The summed E-state index contributed by atoms with van der Waals surface area (Å²) in [5.41, 5.74) is 0. The average molecular weight is 247 g/mol. The van der Waals surface area contributed by atoms with Crippen molar-refractivity contribution in [3.05, 3.63) is 11.7 Å². The molecule has 0 saturated carbocycles. The van der Waals surface area contributed by atoms with E-state index in [0.717, 1.165) is 0 Å². The highest BCUT2D eigenvalue weighted by molar-refractivity contribution is 7.91. The van der Waals surface area contributed by atoms with Crippen LogP contribution in [0.25, 0.3) is 0 Å². The molecule has 0 saturated heterocycles. The first-order valence-electron chi connectivity index (χ1n) is 5.24. The first-order valence-corrected chi connectivity index (χ1v) is 7.06. The molecule has 0 aliphatic heterocycles. The molecule has 7 heteroatoms. The van der Waals surface area contributed by atoms with Crippen LogP contribution in [0.5, 0.6) is 0 Å². The van der Waals surface area contributed by atoms with Crippen LogP contribution in [0.4, 0.5) is 0 Å². The van der Waals surface area contributed by atoms with Gasteiger partial charge in [-0.15, -0.1) is 0 Å². The molecule has 1 rings (SSSR count). The van der Waals surface area contributed by atoms with Gasteiger partial charge in [0, 0.05) is 12.3 Å². The lowest BCUT2D eigenvalue weighted by atomic mass is 10.6. The van der Waals surface area contributed by atoms with Gasteiger partial charge in [0.1, 0.15) is 0 Å². The van der Waals surface area contributed by atoms with Crippen LogP contribution in [0.2, 0.25) is 0 Å². The van der Waals surface area contributed by atoms with Crippen molar-refractivity contribution < 1.29 is 12.9 Å². The molecule has 1 heterocycles. The van der Waals surface area contributed by atoms with Gasteiger partial charge in [-0.3, -0.25) is 0 Å². The number of nitrogens with one attached hydrogen (secondary N) is 1. The molecule has 0 fully saturated rings. The second-order valence-corrected chi connectivity index (χ2v) is 5.87. The van der Waals surface area contributed by atoms with Gasteiger partial charge in [-0.25, -0.2) is 8.42 Å². The smallest absolute Gasteiger partial charge is 0.240 e. The van der Waals surface area contributed by atoms with Gasteiger partial charge < -0.3 is 9.84 Å². The van der Waals surface area contributed by atoms with Crippen LogP contribution in [0.1, 0.15) is 25.1 Å². The summed E-state index contributed by atoms with van der Waals surface area (Å²) in [5.74, 6) is 1.45. The third-order valence-electron chi connectivity index (χ3n) is 1.95. The summed E-state index contributed by atoms with van der Waals surface area (Å²) in [6, 6.07) is 0. The number of sulfone groups is 1. The number of hydrogen-bond donors (Lipinski definition) is 1. The van der Waals surface area contributed by atoms with Crippen LogP contribution in [-0.4, -0.2) is 36.6 Å². The lowest BCUT2D eigenvalue weighted by Crippen LogP contribution is -2.24. The summed E-state index contributed by atoms with van der Waals surface area (Å²) >= 11 is 0. The lowest BCUT2D eigenvalue weighted by Gasteiger charge is -2.02. The normalized spacial score (nSPS) is 11.9. The van der Waals surface area contributed by atoms with Crippen LogP contribution >= 0.6 is 0 Å². The highest BCUT2D eigenvalue weighted by atomic mass is 32.2. The van der Waals surface area contributed by atoms with Crippen molar-refractivity contribution >= 4 is 9.84 Å². The molecule has 92 valence electrons. The van der Waals surface area contributed by atoms with E-state index in [1.165, 1.54) is 0 Å². The van der Waals surface area contributed by atoms with E-state index >= 15 is 0 Å². The van der Waals surface area contributed by atoms with E-state index in [1.54, 1.807) is 6.92 Å². The Morgan fingerprint density at radius 2 is 2.12 bits per heavy atom. The molecule has 0 amide bonds. The predicted octanol–water partition coefficient (Wildman–Crippen LogP) is 0.292. The number of aryl methyl sites for hydroxylation is 1. The zero-order valence-electron chi connectivity index (χ0n) is 9.56. The largest absolute Gasteiger partial charge is 0.338 e. The van der Waals surface area contributed by atoms with Gasteiger partial charge in [-0.1, -0.05) is 12.1 Å². The van der Waals surface area contributed by atoms with Gasteiger partial charge in [0.05, 0.1) is 12.3 Å². The van der Waals surface area contributed by atoms with Crippen LogP contribution in [-0.2, 0) is 16.4 Å². The Balaban J connectivity index is 2.22. The molecule has 16 heavy (non-hydrogen) atoms. The van der Waals surface area contributed by atoms with E-state index < -0.39 is 9.84 Å². The molecule has 0 bridgehead atoms. The molecule has 0 aliphatic rings. The second kappa shape index (κ2) is 5.95. The summed E-state index contributed by atoms with van der Waals surface area (Å²) in [7, 11) is -2.91. The Labute approximate surface area is 95.3 Å². The van der Waals surface area contributed by atoms with Crippen molar-refractivity contribution in [3.63, 3.8) is 0 Å². The van der Waals surface area contributed by atoms with E-state index in [-0.39, 0.29) is 11.5 Å². The third kappa shape index (κ3) is 4.71. The Bertz CT molecular complexity index is 413. The van der Waals surface area contributed by atoms with Crippen molar-refractivity contribution in [1.29, 1.82) is 0 Å². The van der Waals surface area contributed by atoms with Gasteiger partial charge in [0.2, 0.25) is 5.89 Å². The molecule has 0 unspecified atom stereocenters. The topological polar surface area (TPSA) is 85.1 Å². The summed E-state index contributed by atoms with van der Waals surface area (Å²) in [5, 5.41) is 6.58. The summed E-state index contributed by atoms with van der Waals surface area (Å²) in [6.45, 7) is 4.40. The van der Waals surface area contributed by atoms with Crippen molar-refractivity contribution in [3.8, 4) is 0 Å². The number of rotatable bonds is 7. The highest BCUT2D eigenvalue weighted by Crippen LogP contribution is 1.95. The minimum atomic E-state index is -2.91. The number of hydrogen-bond acceptors (Lipinski definition) is 6. The van der Waals surface area contributed by atoms with Gasteiger partial charge in [0.15, 0.2) is 15.7 Å². The highest BCUT2D eigenvalue weighted by Gasteiger charge is 2.08. The minimum Gasteiger partial charge on any atom is -0.338 e. The minimum absolute atomic E-state index is 0.147. The van der Waals surface area contributed by atoms with Crippen LogP contribution in [0, 0.1) is 6.92 Å². The van der Waals surface area contributed by atoms with Crippen LogP contribution in [0.3, 0.4) is 0 Å². The molecule has 0 aliphatic carbocycles. The van der Waals surface area contributed by atoms with Crippen molar-refractivity contribution in [1.82, 2.24) is 15.5 Å². The van der Waals surface area contributed by atoms with Gasteiger partial charge in [0.25, 0.3) is 0 Å². The summed E-state index contributed by atoms with van der Waals surface area (Å²) in [6.07, 6.45) is 0.658. The molecule has 1 aromatic rings. The van der Waals surface area contributed by atoms with Crippen molar-refractivity contribution in [2.45, 2.75) is 26.8 Å². The average Bonchev–Trinajstić information content (AvgIpc) is 2.59. The predicted molar refractivity (Wildman–Crippen MR) is 59.7 cm³/mol. The Hall–Kier alpha value is -0.950. The molecule has 0 aromatic carbocycles. The maximum atomic E-state index is 11.4. The number of aromatic nitrogens is 2. The molecule has 0 atom stereocenters. The molecular formula is C9H17N3O3S. The van der Waals surface area contributed by atoms with Crippen molar-refractivity contribution in [2.75, 3.05) is 18.1 Å². The molecule has 0 radical (unpaired) electrons. The van der Waals surface area contributed by atoms with Gasteiger partial charge in [-0.05, 0) is 13.3 Å². The monoisotopic (exact) mass is 247 g/mol.